The summed E-state index contributed by atoms with van der Waals surface area (Å²) in [7, 11) is 0. The second-order valence-electron chi connectivity index (χ2n) is 3.68. The molecular weight excluding hydrogens is 232 g/mol. The van der Waals surface area contributed by atoms with Gasteiger partial charge in [-0.15, -0.1) is 0 Å². The molecule has 0 aliphatic heterocycles. The molecule has 0 radical (unpaired) electrons. The maximum absolute atomic E-state index is 11.4. The number of rotatable bonds is 8. The van der Waals surface area contributed by atoms with Gasteiger partial charge in [-0.3, -0.25) is 4.79 Å². The van der Waals surface area contributed by atoms with Crippen LogP contribution in [0.2, 0.25) is 0 Å². The van der Waals surface area contributed by atoms with Crippen LogP contribution in [0.15, 0.2) is 24.3 Å². The van der Waals surface area contributed by atoms with E-state index < -0.39 is 0 Å². The second-order valence-corrected chi connectivity index (χ2v) is 3.68. The Morgan fingerprint density at radius 2 is 2.06 bits per heavy atom. The first kappa shape index (κ1) is 14.5. The first-order valence-corrected chi connectivity index (χ1v) is 6.02. The van der Waals surface area contributed by atoms with E-state index in [0.717, 1.165) is 5.56 Å². The van der Waals surface area contributed by atoms with Crippen molar-refractivity contribution >= 4 is 5.91 Å². The van der Waals surface area contributed by atoms with Crippen molar-refractivity contribution in [3.63, 3.8) is 0 Å². The van der Waals surface area contributed by atoms with Gasteiger partial charge in [0.05, 0.1) is 6.61 Å². The van der Waals surface area contributed by atoms with Crippen LogP contribution in [0.25, 0.3) is 0 Å². The summed E-state index contributed by atoms with van der Waals surface area (Å²) in [5.41, 5.74) is 6.52. The highest BCUT2D eigenvalue weighted by molar-refractivity contribution is 5.77. The third kappa shape index (κ3) is 5.65. The molecule has 3 N–H and O–H groups in total. The monoisotopic (exact) mass is 252 g/mol. The number of nitrogens with two attached hydrogens (primary N) is 1. The number of hydrogen-bond donors (Lipinski definition) is 2. The summed E-state index contributed by atoms with van der Waals surface area (Å²) in [5.74, 6) is 0.504. The fourth-order valence-corrected chi connectivity index (χ4v) is 1.33. The Bertz CT molecular complexity index is 352. The van der Waals surface area contributed by atoms with Crippen LogP contribution in [0, 0.1) is 0 Å². The number of carbonyl (C=O) groups excluding carboxylic acids is 1. The van der Waals surface area contributed by atoms with Gasteiger partial charge in [0, 0.05) is 19.7 Å². The fourth-order valence-electron chi connectivity index (χ4n) is 1.33. The normalized spacial score (nSPS) is 10.1. The van der Waals surface area contributed by atoms with Crippen LogP contribution >= 0.6 is 0 Å². The Balaban J connectivity index is 2.20. The predicted octanol–water partition coefficient (Wildman–Crippen LogP) is 0.677. The first-order valence-electron chi connectivity index (χ1n) is 6.02. The van der Waals surface area contributed by atoms with Crippen LogP contribution in [-0.2, 0) is 16.1 Å². The zero-order chi connectivity index (χ0) is 13.2. The second kappa shape index (κ2) is 8.49. The highest BCUT2D eigenvalue weighted by Crippen LogP contribution is 2.11. The van der Waals surface area contributed by atoms with Gasteiger partial charge in [0.1, 0.15) is 5.75 Å². The highest BCUT2D eigenvalue weighted by atomic mass is 16.5. The summed E-state index contributed by atoms with van der Waals surface area (Å²) < 4.78 is 10.4. The smallest absolute Gasteiger partial charge is 0.258 e. The molecule has 0 spiro atoms. The van der Waals surface area contributed by atoms with Crippen molar-refractivity contribution < 1.29 is 14.3 Å². The van der Waals surface area contributed by atoms with Crippen LogP contribution in [0.3, 0.4) is 0 Å². The molecular formula is C13H20N2O3. The van der Waals surface area contributed by atoms with Gasteiger partial charge in [0.2, 0.25) is 0 Å². The van der Waals surface area contributed by atoms with E-state index in [0.29, 0.717) is 32.1 Å². The van der Waals surface area contributed by atoms with Gasteiger partial charge in [-0.1, -0.05) is 12.1 Å². The minimum absolute atomic E-state index is 0.00803. The van der Waals surface area contributed by atoms with Gasteiger partial charge >= 0.3 is 0 Å². The fraction of sp³-hybridized carbons (Fsp3) is 0.462. The van der Waals surface area contributed by atoms with Crippen LogP contribution in [0.1, 0.15) is 12.5 Å². The Kier molecular flexibility index (Phi) is 6.83. The molecule has 0 bridgehead atoms. The van der Waals surface area contributed by atoms with Crippen LogP contribution in [0.4, 0.5) is 0 Å². The maximum atomic E-state index is 11.4. The van der Waals surface area contributed by atoms with E-state index in [-0.39, 0.29) is 12.5 Å². The van der Waals surface area contributed by atoms with E-state index in [1.54, 1.807) is 12.1 Å². The lowest BCUT2D eigenvalue weighted by molar-refractivity contribution is -0.123. The Morgan fingerprint density at radius 1 is 1.33 bits per heavy atom. The molecule has 1 aromatic carbocycles. The van der Waals surface area contributed by atoms with Crippen molar-refractivity contribution in [1.82, 2.24) is 5.32 Å². The molecule has 0 fully saturated rings. The first-order chi connectivity index (χ1) is 8.76. The number of benzene rings is 1. The molecule has 18 heavy (non-hydrogen) atoms. The van der Waals surface area contributed by atoms with E-state index in [2.05, 4.69) is 5.32 Å². The molecule has 0 aliphatic carbocycles. The number of ether oxygens (including phenoxy) is 2. The molecule has 0 aromatic heterocycles. The molecule has 5 heteroatoms. The van der Waals surface area contributed by atoms with E-state index in [9.17, 15) is 4.79 Å². The molecule has 0 atom stereocenters. The third-order valence-corrected chi connectivity index (χ3v) is 2.30. The van der Waals surface area contributed by atoms with Gasteiger partial charge in [-0.05, 0) is 24.6 Å². The topological polar surface area (TPSA) is 73.6 Å². The molecule has 1 aromatic rings. The zero-order valence-electron chi connectivity index (χ0n) is 10.6. The number of hydrogen-bond acceptors (Lipinski definition) is 4. The van der Waals surface area contributed by atoms with E-state index >= 15 is 0 Å². The number of carbonyl (C=O) groups is 1. The predicted molar refractivity (Wildman–Crippen MR) is 69.3 cm³/mol. The van der Waals surface area contributed by atoms with E-state index in [4.69, 9.17) is 15.2 Å². The molecule has 1 amide bonds. The summed E-state index contributed by atoms with van der Waals surface area (Å²) in [6.07, 6.45) is 0. The van der Waals surface area contributed by atoms with Crippen molar-refractivity contribution in [3.05, 3.63) is 29.8 Å². The van der Waals surface area contributed by atoms with Gasteiger partial charge in [0.15, 0.2) is 6.61 Å². The van der Waals surface area contributed by atoms with Gasteiger partial charge in [-0.2, -0.15) is 0 Å². The molecule has 0 aliphatic rings. The standard InChI is InChI=1S/C13H20N2O3/c1-2-17-8-7-15-13(16)10-18-12-5-3-11(9-14)4-6-12/h3-6H,2,7-10,14H2,1H3,(H,15,16). The highest BCUT2D eigenvalue weighted by Gasteiger charge is 2.01. The quantitative estimate of drug-likeness (QED) is 0.667. The average molecular weight is 252 g/mol. The average Bonchev–Trinajstić information content (AvgIpc) is 2.42. The minimum atomic E-state index is -0.155. The summed E-state index contributed by atoms with van der Waals surface area (Å²) >= 11 is 0. The summed E-state index contributed by atoms with van der Waals surface area (Å²) in [4.78, 5) is 11.4. The minimum Gasteiger partial charge on any atom is -0.484 e. The van der Waals surface area contributed by atoms with E-state index in [1.807, 2.05) is 19.1 Å². The summed E-state index contributed by atoms with van der Waals surface area (Å²) in [6, 6.07) is 7.36. The zero-order valence-corrected chi connectivity index (χ0v) is 10.6. The van der Waals surface area contributed by atoms with Gasteiger partial charge in [0.25, 0.3) is 5.91 Å². The lowest BCUT2D eigenvalue weighted by Gasteiger charge is -2.08. The van der Waals surface area contributed by atoms with Crippen LogP contribution in [0.5, 0.6) is 5.75 Å². The maximum Gasteiger partial charge on any atom is 0.258 e. The van der Waals surface area contributed by atoms with Gasteiger partial charge in [-0.25, -0.2) is 0 Å². The number of amides is 1. The van der Waals surface area contributed by atoms with Crippen molar-refractivity contribution in [3.8, 4) is 5.75 Å². The third-order valence-electron chi connectivity index (χ3n) is 2.30. The molecule has 0 saturated carbocycles. The molecule has 0 saturated heterocycles. The SMILES string of the molecule is CCOCCNC(=O)COc1ccc(CN)cc1. The van der Waals surface area contributed by atoms with Crippen LogP contribution in [-0.4, -0.2) is 32.3 Å². The molecule has 5 nitrogen and oxygen atoms in total. The number of nitrogens with one attached hydrogen (secondary N) is 1. The van der Waals surface area contributed by atoms with Crippen molar-refractivity contribution in [2.24, 2.45) is 5.73 Å². The Morgan fingerprint density at radius 3 is 2.67 bits per heavy atom. The molecule has 0 heterocycles. The molecule has 1 rings (SSSR count). The molecule has 0 unspecified atom stereocenters. The van der Waals surface area contributed by atoms with Crippen LogP contribution < -0.4 is 15.8 Å². The Hall–Kier alpha value is -1.59. The summed E-state index contributed by atoms with van der Waals surface area (Å²) in [5, 5.41) is 2.70. The van der Waals surface area contributed by atoms with Crippen molar-refractivity contribution in [2.45, 2.75) is 13.5 Å². The summed E-state index contributed by atoms with van der Waals surface area (Å²) in [6.45, 7) is 4.09. The van der Waals surface area contributed by atoms with Crippen molar-refractivity contribution in [2.75, 3.05) is 26.4 Å². The lowest BCUT2D eigenvalue weighted by atomic mass is 10.2. The Labute approximate surface area is 107 Å². The largest absolute Gasteiger partial charge is 0.484 e. The van der Waals surface area contributed by atoms with E-state index in [1.165, 1.54) is 0 Å². The van der Waals surface area contributed by atoms with Crippen molar-refractivity contribution in [1.29, 1.82) is 0 Å². The van der Waals surface area contributed by atoms with Gasteiger partial charge < -0.3 is 20.5 Å². The molecule has 100 valence electrons. The lowest BCUT2D eigenvalue weighted by Crippen LogP contribution is -2.31.